The van der Waals surface area contributed by atoms with E-state index in [0.717, 1.165) is 28.4 Å². The van der Waals surface area contributed by atoms with Crippen LogP contribution in [0.15, 0.2) is 30.3 Å². The van der Waals surface area contributed by atoms with Gasteiger partial charge in [-0.2, -0.15) is 0 Å². The number of hydrogen-bond donors (Lipinski definition) is 1. The first-order valence-electron chi connectivity index (χ1n) is 7.36. The molecule has 3 aliphatic rings. The summed E-state index contributed by atoms with van der Waals surface area (Å²) in [7, 11) is 0. The topological polar surface area (TPSA) is 66.5 Å². The van der Waals surface area contributed by atoms with E-state index in [0.29, 0.717) is 12.1 Å². The number of imide groups is 1. The first kappa shape index (κ1) is 11.9. The largest absolute Gasteiger partial charge is 0.321 e. The molecule has 3 amide bonds. The average Bonchev–Trinajstić information content (AvgIpc) is 3.21. The van der Waals surface area contributed by atoms with Crippen LogP contribution in [0.5, 0.6) is 0 Å². The molecule has 1 aliphatic carbocycles. The van der Waals surface area contributed by atoms with Gasteiger partial charge in [-0.15, -0.1) is 0 Å². The minimum atomic E-state index is -0.104. The molecule has 2 heterocycles. The number of anilines is 1. The molecule has 5 heteroatoms. The van der Waals surface area contributed by atoms with E-state index in [1.807, 2.05) is 24.3 Å². The number of piperidine rings is 1. The highest BCUT2D eigenvalue weighted by Gasteiger charge is 2.58. The van der Waals surface area contributed by atoms with E-state index >= 15 is 0 Å². The molecule has 0 spiro atoms. The van der Waals surface area contributed by atoms with Gasteiger partial charge in [-0.05, 0) is 29.5 Å². The molecule has 2 atom stereocenters. The molecule has 2 aromatic rings. The second-order valence-electron chi connectivity index (χ2n) is 6.17. The molecule has 2 fully saturated rings. The van der Waals surface area contributed by atoms with Gasteiger partial charge in [0.1, 0.15) is 0 Å². The molecule has 108 valence electrons. The highest BCUT2D eigenvalue weighted by Crippen LogP contribution is 2.47. The van der Waals surface area contributed by atoms with Crippen LogP contribution in [0.2, 0.25) is 0 Å². The lowest BCUT2D eigenvalue weighted by atomic mass is 10.00. The predicted molar refractivity (Wildman–Crippen MR) is 79.1 cm³/mol. The fraction of sp³-hybridized carbons (Fsp3) is 0.235. The minimum absolute atomic E-state index is 0.0487. The van der Waals surface area contributed by atoms with E-state index < -0.39 is 0 Å². The van der Waals surface area contributed by atoms with Gasteiger partial charge in [0.15, 0.2) is 0 Å². The molecule has 0 radical (unpaired) electrons. The molecule has 1 N–H and O–H groups in total. The van der Waals surface area contributed by atoms with Crippen LogP contribution in [0.3, 0.4) is 0 Å². The number of nitrogens with zero attached hydrogens (tertiary/aromatic N) is 1. The Bertz CT molecular complexity index is 882. The summed E-state index contributed by atoms with van der Waals surface area (Å²) in [6.07, 6.45) is 0.719. The van der Waals surface area contributed by atoms with E-state index in [1.165, 1.54) is 4.90 Å². The number of nitrogens with one attached hydrogen (secondary N) is 1. The summed E-state index contributed by atoms with van der Waals surface area (Å²) < 4.78 is 0. The van der Waals surface area contributed by atoms with Crippen molar-refractivity contribution in [1.82, 2.24) is 4.90 Å². The van der Waals surface area contributed by atoms with E-state index in [-0.39, 0.29) is 29.6 Å². The van der Waals surface area contributed by atoms with Gasteiger partial charge in [-0.25, -0.2) is 0 Å². The van der Waals surface area contributed by atoms with Crippen LogP contribution < -0.4 is 5.32 Å². The number of fused-ring (bicyclic) bond motifs is 1. The standard InChI is InChI=1S/C17H12N2O3/c20-15-10-3-1-2-9-8(4-5-13(18-15)14(9)10)7-19-16(21)11-6-12(11)17(19)22/h1-5,11-12H,6-7H2,(H,18,20)/t11-,12+. The van der Waals surface area contributed by atoms with Crippen molar-refractivity contribution in [3.63, 3.8) is 0 Å². The van der Waals surface area contributed by atoms with E-state index in [2.05, 4.69) is 5.32 Å². The number of amides is 3. The molecule has 2 aromatic carbocycles. The van der Waals surface area contributed by atoms with E-state index in [1.54, 1.807) is 6.07 Å². The lowest BCUT2D eigenvalue weighted by Crippen LogP contribution is -2.32. The highest BCUT2D eigenvalue weighted by atomic mass is 16.2. The fourth-order valence-electron chi connectivity index (χ4n) is 3.66. The molecule has 2 aliphatic heterocycles. The first-order chi connectivity index (χ1) is 10.6. The van der Waals surface area contributed by atoms with Gasteiger partial charge in [0.25, 0.3) is 5.91 Å². The third-order valence-corrected chi connectivity index (χ3v) is 4.91. The summed E-state index contributed by atoms with van der Waals surface area (Å²) in [4.78, 5) is 37.6. The van der Waals surface area contributed by atoms with Gasteiger partial charge in [-0.3, -0.25) is 19.3 Å². The Labute approximate surface area is 125 Å². The SMILES string of the molecule is O=C1Nc2ccc(CN3C(=O)[C@H]4C[C@H]4C3=O)c3cccc1c23. The number of carbonyl (C=O) groups excluding carboxylic acids is 3. The third kappa shape index (κ3) is 1.35. The van der Waals surface area contributed by atoms with Crippen molar-refractivity contribution in [3.8, 4) is 0 Å². The van der Waals surface area contributed by atoms with Gasteiger partial charge < -0.3 is 5.32 Å². The summed E-state index contributed by atoms with van der Waals surface area (Å²) in [5.74, 6) is -0.354. The normalized spacial score (nSPS) is 24.9. The van der Waals surface area contributed by atoms with Gasteiger partial charge in [0, 0.05) is 16.6 Å². The molecule has 5 rings (SSSR count). The van der Waals surface area contributed by atoms with Crippen molar-refractivity contribution in [2.24, 2.45) is 11.8 Å². The predicted octanol–water partition coefficient (Wildman–Crippen LogP) is 1.91. The molecule has 0 bridgehead atoms. The smallest absolute Gasteiger partial charge is 0.256 e. The molecule has 5 nitrogen and oxygen atoms in total. The lowest BCUT2D eigenvalue weighted by molar-refractivity contribution is -0.142. The molecule has 22 heavy (non-hydrogen) atoms. The zero-order valence-electron chi connectivity index (χ0n) is 11.6. The van der Waals surface area contributed by atoms with Crippen LogP contribution in [0.1, 0.15) is 22.3 Å². The minimum Gasteiger partial charge on any atom is -0.321 e. The van der Waals surface area contributed by atoms with Crippen molar-refractivity contribution in [1.29, 1.82) is 0 Å². The number of hydrogen-bond acceptors (Lipinski definition) is 3. The van der Waals surface area contributed by atoms with Crippen molar-refractivity contribution < 1.29 is 14.4 Å². The maximum absolute atomic E-state index is 12.1. The molecule has 0 aromatic heterocycles. The molecule has 1 saturated carbocycles. The zero-order chi connectivity index (χ0) is 15.0. The number of carbonyl (C=O) groups is 3. The Hall–Kier alpha value is -2.69. The van der Waals surface area contributed by atoms with Gasteiger partial charge in [0.2, 0.25) is 11.8 Å². The second-order valence-corrected chi connectivity index (χ2v) is 6.17. The van der Waals surface area contributed by atoms with E-state index in [4.69, 9.17) is 0 Å². The van der Waals surface area contributed by atoms with Crippen molar-refractivity contribution >= 4 is 34.2 Å². The van der Waals surface area contributed by atoms with Crippen molar-refractivity contribution in [2.45, 2.75) is 13.0 Å². The van der Waals surface area contributed by atoms with Gasteiger partial charge in [-0.1, -0.05) is 18.2 Å². The van der Waals surface area contributed by atoms with E-state index in [9.17, 15) is 14.4 Å². The monoisotopic (exact) mass is 292 g/mol. The van der Waals surface area contributed by atoms with Crippen LogP contribution in [0.25, 0.3) is 10.8 Å². The maximum atomic E-state index is 12.1. The van der Waals surface area contributed by atoms with Gasteiger partial charge >= 0.3 is 0 Å². The van der Waals surface area contributed by atoms with Crippen molar-refractivity contribution in [2.75, 3.05) is 5.32 Å². The summed E-state index contributed by atoms with van der Waals surface area (Å²) in [5, 5.41) is 4.65. The Morgan fingerprint density at radius 1 is 1.05 bits per heavy atom. The highest BCUT2D eigenvalue weighted by molar-refractivity contribution is 6.24. The maximum Gasteiger partial charge on any atom is 0.256 e. The Morgan fingerprint density at radius 3 is 2.59 bits per heavy atom. The number of benzene rings is 2. The molecule has 0 unspecified atom stereocenters. The van der Waals surface area contributed by atoms with Crippen molar-refractivity contribution in [3.05, 3.63) is 41.5 Å². The quantitative estimate of drug-likeness (QED) is 0.860. The average molecular weight is 292 g/mol. The zero-order valence-corrected chi connectivity index (χ0v) is 11.6. The fourth-order valence-corrected chi connectivity index (χ4v) is 3.66. The lowest BCUT2D eigenvalue weighted by Gasteiger charge is -2.18. The summed E-state index contributed by atoms with van der Waals surface area (Å²) in [6.45, 7) is 0.291. The molecular formula is C17H12N2O3. The van der Waals surface area contributed by atoms with Gasteiger partial charge in [0.05, 0.1) is 18.4 Å². The van der Waals surface area contributed by atoms with Crippen LogP contribution in [0, 0.1) is 11.8 Å². The summed E-state index contributed by atoms with van der Waals surface area (Å²) in [6, 6.07) is 9.29. The number of likely N-dealkylation sites (tertiary alicyclic amines) is 1. The molecule has 1 saturated heterocycles. The van der Waals surface area contributed by atoms with Crippen LogP contribution in [0.4, 0.5) is 5.69 Å². The first-order valence-corrected chi connectivity index (χ1v) is 7.36. The Morgan fingerprint density at radius 2 is 1.82 bits per heavy atom. The third-order valence-electron chi connectivity index (χ3n) is 4.91. The second kappa shape index (κ2) is 3.74. The number of rotatable bonds is 2. The Balaban J connectivity index is 1.62. The van der Waals surface area contributed by atoms with Crippen LogP contribution in [-0.2, 0) is 16.1 Å². The van der Waals surface area contributed by atoms with Crippen LogP contribution in [-0.4, -0.2) is 22.6 Å². The van der Waals surface area contributed by atoms with Crippen LogP contribution >= 0.6 is 0 Å². The summed E-state index contributed by atoms with van der Waals surface area (Å²) in [5.41, 5.74) is 2.35. The Kier molecular flexibility index (Phi) is 2.02. The molecular weight excluding hydrogens is 280 g/mol. The summed E-state index contributed by atoms with van der Waals surface area (Å²) >= 11 is 0.